The lowest BCUT2D eigenvalue weighted by atomic mass is 10.0. The van der Waals surface area contributed by atoms with E-state index in [9.17, 15) is 13.2 Å². The van der Waals surface area contributed by atoms with Gasteiger partial charge in [0.05, 0.1) is 25.0 Å². The minimum Gasteiger partial charge on any atom is -0.475 e. The summed E-state index contributed by atoms with van der Waals surface area (Å²) in [4.78, 5) is 11.4. The monoisotopic (exact) mass is 458 g/mol. The molecule has 10 heteroatoms. The molecule has 1 aromatic carbocycles. The Morgan fingerprint density at radius 2 is 1.91 bits per heavy atom. The number of hydrogen-bond donors (Lipinski definition) is 1. The number of carboxylic acid groups (broad SMARTS) is 1. The summed E-state index contributed by atoms with van der Waals surface area (Å²) in [6.45, 7) is 7.18. The molecule has 0 radical (unpaired) electrons. The van der Waals surface area contributed by atoms with E-state index in [1.165, 1.54) is 11.1 Å². The summed E-state index contributed by atoms with van der Waals surface area (Å²) in [7, 11) is 1.71. The van der Waals surface area contributed by atoms with Crippen LogP contribution in [-0.4, -0.2) is 66.3 Å². The number of halogens is 3. The Bertz CT molecular complexity index is 822. The summed E-state index contributed by atoms with van der Waals surface area (Å²) in [5.74, 6) is -1.84. The van der Waals surface area contributed by atoms with Gasteiger partial charge in [-0.2, -0.15) is 13.2 Å². The average molecular weight is 458 g/mol. The van der Waals surface area contributed by atoms with E-state index in [0.717, 1.165) is 37.4 Å². The van der Waals surface area contributed by atoms with Crippen LogP contribution in [0, 0.1) is 13.8 Å². The van der Waals surface area contributed by atoms with E-state index < -0.39 is 12.1 Å². The van der Waals surface area contributed by atoms with Gasteiger partial charge in [0.1, 0.15) is 5.76 Å². The first kappa shape index (κ1) is 25.8. The second-order valence-corrected chi connectivity index (χ2v) is 7.52. The summed E-state index contributed by atoms with van der Waals surface area (Å²) in [5.41, 5.74) is 3.54. The van der Waals surface area contributed by atoms with Crippen LogP contribution < -0.4 is 0 Å². The molecule has 1 fully saturated rings. The molecule has 1 aliphatic rings. The van der Waals surface area contributed by atoms with Gasteiger partial charge in [0, 0.05) is 31.8 Å². The molecule has 0 spiro atoms. The number of nitrogens with zero attached hydrogens (tertiary/aromatic N) is 2. The Kier molecular flexibility index (Phi) is 9.67. The molecule has 32 heavy (non-hydrogen) atoms. The number of hydrogen-bond acceptors (Lipinski definition) is 6. The van der Waals surface area contributed by atoms with Crippen LogP contribution >= 0.6 is 0 Å². The molecule has 2 atom stereocenters. The van der Waals surface area contributed by atoms with Crippen molar-refractivity contribution < 1.29 is 37.1 Å². The number of ether oxygens (including phenoxy) is 2. The number of aliphatic carboxylic acids is 1. The van der Waals surface area contributed by atoms with E-state index in [1.54, 1.807) is 7.11 Å². The molecular weight excluding hydrogens is 429 g/mol. The lowest BCUT2D eigenvalue weighted by Gasteiger charge is -2.28. The van der Waals surface area contributed by atoms with Crippen molar-refractivity contribution >= 4 is 5.97 Å². The summed E-state index contributed by atoms with van der Waals surface area (Å²) < 4.78 is 48.3. The van der Waals surface area contributed by atoms with Crippen LogP contribution in [0.1, 0.15) is 29.0 Å². The maximum Gasteiger partial charge on any atom is 0.490 e. The highest BCUT2D eigenvalue weighted by molar-refractivity contribution is 5.73. The number of methoxy groups -OCH3 is 1. The van der Waals surface area contributed by atoms with Gasteiger partial charge in [-0.25, -0.2) is 4.79 Å². The SMILES string of the molecule is COCCO[C@H]1CCN(Cc2c(C)noc2C)[C@H]1Cc1ccccc1.O=C(O)C(F)(F)F. The van der Waals surface area contributed by atoms with E-state index in [1.807, 2.05) is 13.8 Å². The van der Waals surface area contributed by atoms with E-state index in [4.69, 9.17) is 23.9 Å². The summed E-state index contributed by atoms with van der Waals surface area (Å²) in [6, 6.07) is 11.0. The van der Waals surface area contributed by atoms with Crippen molar-refractivity contribution in [1.82, 2.24) is 10.1 Å². The number of alkyl halides is 3. The maximum absolute atomic E-state index is 10.6. The molecule has 0 unspecified atom stereocenters. The van der Waals surface area contributed by atoms with Crippen LogP contribution in [-0.2, 0) is 27.2 Å². The number of benzene rings is 1. The lowest BCUT2D eigenvalue weighted by molar-refractivity contribution is -0.192. The molecule has 1 aromatic heterocycles. The molecule has 1 N–H and O–H groups in total. The van der Waals surface area contributed by atoms with Crippen LogP contribution in [0.25, 0.3) is 0 Å². The Balaban J connectivity index is 0.000000451. The fraction of sp³-hybridized carbons (Fsp3) is 0.545. The van der Waals surface area contributed by atoms with Gasteiger partial charge in [-0.3, -0.25) is 4.90 Å². The zero-order valence-corrected chi connectivity index (χ0v) is 18.4. The van der Waals surface area contributed by atoms with Gasteiger partial charge in [0.15, 0.2) is 0 Å². The predicted octanol–water partition coefficient (Wildman–Crippen LogP) is 3.77. The van der Waals surface area contributed by atoms with Gasteiger partial charge in [-0.05, 0) is 32.3 Å². The smallest absolute Gasteiger partial charge is 0.475 e. The molecule has 0 saturated carbocycles. The lowest BCUT2D eigenvalue weighted by Crippen LogP contribution is -2.38. The summed E-state index contributed by atoms with van der Waals surface area (Å²) in [5, 5.41) is 11.2. The Morgan fingerprint density at radius 3 is 2.44 bits per heavy atom. The van der Waals surface area contributed by atoms with E-state index in [0.29, 0.717) is 19.3 Å². The van der Waals surface area contributed by atoms with E-state index in [-0.39, 0.29) is 6.10 Å². The van der Waals surface area contributed by atoms with Crippen LogP contribution in [0.2, 0.25) is 0 Å². The van der Waals surface area contributed by atoms with Crippen LogP contribution in [0.3, 0.4) is 0 Å². The predicted molar refractivity (Wildman–Crippen MR) is 110 cm³/mol. The van der Waals surface area contributed by atoms with Crippen molar-refractivity contribution in [2.24, 2.45) is 0 Å². The van der Waals surface area contributed by atoms with Gasteiger partial charge in [0.2, 0.25) is 0 Å². The second-order valence-electron chi connectivity index (χ2n) is 7.52. The average Bonchev–Trinajstić information content (AvgIpc) is 3.27. The largest absolute Gasteiger partial charge is 0.490 e. The van der Waals surface area contributed by atoms with Crippen molar-refractivity contribution in [3.05, 3.63) is 52.9 Å². The number of carbonyl (C=O) groups is 1. The van der Waals surface area contributed by atoms with Crippen molar-refractivity contribution in [2.45, 2.75) is 51.6 Å². The minimum atomic E-state index is -5.08. The van der Waals surface area contributed by atoms with Gasteiger partial charge >= 0.3 is 12.1 Å². The first-order valence-electron chi connectivity index (χ1n) is 10.2. The normalized spacial score (nSPS) is 18.9. The molecule has 3 rings (SSSR count). The molecular formula is C22H29F3N2O5. The highest BCUT2D eigenvalue weighted by Gasteiger charge is 2.38. The molecule has 0 bridgehead atoms. The number of likely N-dealkylation sites (tertiary alicyclic amines) is 1. The minimum absolute atomic E-state index is 0.232. The summed E-state index contributed by atoms with van der Waals surface area (Å²) >= 11 is 0. The van der Waals surface area contributed by atoms with Gasteiger partial charge in [-0.1, -0.05) is 35.5 Å². The third-order valence-electron chi connectivity index (χ3n) is 5.29. The zero-order chi connectivity index (χ0) is 23.7. The third kappa shape index (κ3) is 7.61. The molecule has 2 heterocycles. The number of aromatic nitrogens is 1. The highest BCUT2D eigenvalue weighted by Crippen LogP contribution is 2.28. The number of carboxylic acids is 1. The van der Waals surface area contributed by atoms with Crippen molar-refractivity contribution in [2.75, 3.05) is 26.9 Å². The van der Waals surface area contributed by atoms with Gasteiger partial charge in [0.25, 0.3) is 0 Å². The van der Waals surface area contributed by atoms with Crippen LogP contribution in [0.15, 0.2) is 34.9 Å². The van der Waals surface area contributed by atoms with E-state index in [2.05, 4.69) is 40.4 Å². The molecule has 0 aliphatic carbocycles. The first-order chi connectivity index (χ1) is 15.1. The number of aryl methyl sites for hydroxylation is 2. The topological polar surface area (TPSA) is 85.0 Å². The fourth-order valence-corrected chi connectivity index (χ4v) is 3.61. The zero-order valence-electron chi connectivity index (χ0n) is 18.4. The number of rotatable bonds is 8. The fourth-order valence-electron chi connectivity index (χ4n) is 3.61. The molecule has 7 nitrogen and oxygen atoms in total. The first-order valence-corrected chi connectivity index (χ1v) is 10.2. The van der Waals surface area contributed by atoms with Crippen molar-refractivity contribution in [3.63, 3.8) is 0 Å². The van der Waals surface area contributed by atoms with Crippen molar-refractivity contribution in [1.29, 1.82) is 0 Å². The molecule has 2 aromatic rings. The Morgan fingerprint density at radius 1 is 1.25 bits per heavy atom. The quantitative estimate of drug-likeness (QED) is 0.603. The molecule has 0 amide bonds. The third-order valence-corrected chi connectivity index (χ3v) is 5.29. The van der Waals surface area contributed by atoms with Crippen LogP contribution in [0.5, 0.6) is 0 Å². The molecule has 178 valence electrons. The van der Waals surface area contributed by atoms with Crippen LogP contribution in [0.4, 0.5) is 13.2 Å². The maximum atomic E-state index is 10.6. The van der Waals surface area contributed by atoms with E-state index >= 15 is 0 Å². The standard InChI is InChI=1S/C20H28N2O3.C2HF3O2/c1-15-18(16(2)25-21-15)14-22-10-9-20(24-12-11-23-3)19(22)13-17-7-5-4-6-8-17;3-2(4,5)1(6)7/h4-8,19-20H,9-14H2,1-3H3;(H,6,7)/t19-,20-;/m0./s1. The van der Waals surface area contributed by atoms with Crippen molar-refractivity contribution in [3.8, 4) is 0 Å². The Labute approximate surface area is 185 Å². The molecule has 1 saturated heterocycles. The van der Waals surface area contributed by atoms with Gasteiger partial charge < -0.3 is 19.1 Å². The second kappa shape index (κ2) is 12.0. The van der Waals surface area contributed by atoms with Gasteiger partial charge in [-0.15, -0.1) is 0 Å². The molecule has 1 aliphatic heterocycles. The highest BCUT2D eigenvalue weighted by atomic mass is 19.4. The Hall–Kier alpha value is -2.43. The summed E-state index contributed by atoms with van der Waals surface area (Å²) in [6.07, 6.45) is -2.82.